The highest BCUT2D eigenvalue weighted by Crippen LogP contribution is 2.18. The number of nitrogens with zero attached hydrogens (tertiary/aromatic N) is 6. The van der Waals surface area contributed by atoms with Gasteiger partial charge >= 0.3 is 0 Å². The lowest BCUT2D eigenvalue weighted by Crippen LogP contribution is -2.36. The molecule has 1 amide bonds. The molecule has 0 radical (unpaired) electrons. The number of fused-ring (bicyclic) bond motifs is 1. The van der Waals surface area contributed by atoms with E-state index in [1.165, 1.54) is 6.33 Å². The molecule has 0 fully saturated rings. The number of carbonyl (C=O) groups is 1. The van der Waals surface area contributed by atoms with E-state index in [0.717, 1.165) is 11.2 Å². The summed E-state index contributed by atoms with van der Waals surface area (Å²) in [6.45, 7) is 0.672. The molecule has 1 N–H and O–H groups in total. The van der Waals surface area contributed by atoms with Crippen LogP contribution >= 0.6 is 0 Å². The lowest BCUT2D eigenvalue weighted by atomic mass is 10.3. The van der Waals surface area contributed by atoms with Crippen LogP contribution in [0.5, 0.6) is 0 Å². The Bertz CT molecular complexity index is 802. The van der Waals surface area contributed by atoms with E-state index in [2.05, 4.69) is 24.9 Å². The highest BCUT2D eigenvalue weighted by Gasteiger charge is 2.16. The van der Waals surface area contributed by atoms with Crippen molar-refractivity contribution in [2.75, 3.05) is 25.5 Å². The number of rotatable bonds is 5. The first-order valence-electron chi connectivity index (χ1n) is 7.14. The topological polar surface area (TPSA) is 90.9 Å². The second kappa shape index (κ2) is 6.39. The van der Waals surface area contributed by atoms with Gasteiger partial charge in [-0.1, -0.05) is 6.07 Å². The number of amides is 1. The van der Waals surface area contributed by atoms with E-state index < -0.39 is 0 Å². The van der Waals surface area contributed by atoms with Crippen LogP contribution in [0.3, 0.4) is 0 Å². The molecule has 0 aliphatic carbocycles. The van der Waals surface area contributed by atoms with Crippen molar-refractivity contribution in [3.8, 4) is 0 Å². The summed E-state index contributed by atoms with van der Waals surface area (Å²) in [5, 5.41) is 0. The number of hydrogen-bond acceptors (Lipinski definition) is 6. The molecule has 0 unspecified atom stereocenters. The number of H-pyrrole nitrogens is 1. The van der Waals surface area contributed by atoms with Gasteiger partial charge < -0.3 is 14.8 Å². The minimum Gasteiger partial charge on any atom is -0.348 e. The molecule has 118 valence electrons. The molecule has 0 atom stereocenters. The second-order valence-corrected chi connectivity index (χ2v) is 5.23. The second-order valence-electron chi connectivity index (χ2n) is 5.23. The van der Waals surface area contributed by atoms with Gasteiger partial charge in [0, 0.05) is 20.3 Å². The highest BCUT2D eigenvalue weighted by atomic mass is 16.2. The van der Waals surface area contributed by atoms with Crippen molar-refractivity contribution >= 4 is 22.9 Å². The highest BCUT2D eigenvalue weighted by molar-refractivity contribution is 5.86. The molecule has 8 heteroatoms. The molecule has 0 aliphatic heterocycles. The summed E-state index contributed by atoms with van der Waals surface area (Å²) in [6, 6.07) is 5.65. The standard InChI is InChI=1S/C15H17N7O/c1-21(7-11-5-3-4-6-16-11)12(23)8-22(2)15-13-14(18-9-17-13)19-10-20-15/h3-6,9-10H,7-8H2,1-2H3,(H,17,18,19,20). The Morgan fingerprint density at radius 1 is 1.17 bits per heavy atom. The van der Waals surface area contributed by atoms with Crippen LogP contribution in [-0.2, 0) is 11.3 Å². The Kier molecular flexibility index (Phi) is 4.13. The number of pyridine rings is 1. The molecule has 0 bridgehead atoms. The van der Waals surface area contributed by atoms with E-state index in [1.54, 1.807) is 29.4 Å². The first-order valence-corrected chi connectivity index (χ1v) is 7.14. The predicted molar refractivity (Wildman–Crippen MR) is 85.7 cm³/mol. The van der Waals surface area contributed by atoms with E-state index in [-0.39, 0.29) is 12.5 Å². The summed E-state index contributed by atoms with van der Waals surface area (Å²) < 4.78 is 0. The first-order chi connectivity index (χ1) is 11.1. The monoisotopic (exact) mass is 311 g/mol. The van der Waals surface area contributed by atoms with Crippen LogP contribution < -0.4 is 4.90 Å². The van der Waals surface area contributed by atoms with E-state index >= 15 is 0 Å². The molecule has 8 nitrogen and oxygen atoms in total. The molecule has 0 saturated heterocycles. The molecule has 0 saturated carbocycles. The normalized spacial score (nSPS) is 10.7. The van der Waals surface area contributed by atoms with Crippen LogP contribution in [0.15, 0.2) is 37.1 Å². The lowest BCUT2D eigenvalue weighted by Gasteiger charge is -2.22. The zero-order valence-corrected chi connectivity index (χ0v) is 13.0. The third kappa shape index (κ3) is 3.25. The predicted octanol–water partition coefficient (Wildman–Crippen LogP) is 0.843. The lowest BCUT2D eigenvalue weighted by molar-refractivity contribution is -0.128. The molecule has 0 aliphatic rings. The van der Waals surface area contributed by atoms with Gasteiger partial charge in [-0.3, -0.25) is 9.78 Å². The third-order valence-electron chi connectivity index (χ3n) is 3.49. The van der Waals surface area contributed by atoms with Crippen molar-refractivity contribution in [3.63, 3.8) is 0 Å². The Morgan fingerprint density at radius 3 is 2.83 bits per heavy atom. The average molecular weight is 311 g/mol. The third-order valence-corrected chi connectivity index (χ3v) is 3.49. The van der Waals surface area contributed by atoms with Crippen LogP contribution in [-0.4, -0.2) is 56.4 Å². The van der Waals surface area contributed by atoms with Crippen molar-refractivity contribution in [1.29, 1.82) is 0 Å². The molecular weight excluding hydrogens is 294 g/mol. The maximum absolute atomic E-state index is 12.4. The van der Waals surface area contributed by atoms with Gasteiger partial charge in [0.1, 0.15) is 11.8 Å². The molecule has 3 aromatic heterocycles. The fourth-order valence-corrected chi connectivity index (χ4v) is 2.26. The molecule has 0 aromatic carbocycles. The number of anilines is 1. The Hall–Kier alpha value is -3.03. The molecule has 0 spiro atoms. The Labute approximate surface area is 133 Å². The molecule has 3 aromatic rings. The van der Waals surface area contributed by atoms with E-state index in [0.29, 0.717) is 18.0 Å². The quantitative estimate of drug-likeness (QED) is 0.751. The first kappa shape index (κ1) is 14.9. The summed E-state index contributed by atoms with van der Waals surface area (Å²) in [7, 11) is 3.58. The summed E-state index contributed by atoms with van der Waals surface area (Å²) in [6.07, 6.45) is 4.72. The maximum atomic E-state index is 12.4. The minimum atomic E-state index is -0.0237. The zero-order chi connectivity index (χ0) is 16.2. The van der Waals surface area contributed by atoms with Crippen molar-refractivity contribution < 1.29 is 4.79 Å². The van der Waals surface area contributed by atoms with Gasteiger partial charge in [0.25, 0.3) is 0 Å². The molecule has 3 heterocycles. The van der Waals surface area contributed by atoms with Crippen LogP contribution in [0, 0.1) is 0 Å². The van der Waals surface area contributed by atoms with Crippen LogP contribution in [0.1, 0.15) is 5.69 Å². The van der Waals surface area contributed by atoms with Gasteiger partial charge in [-0.05, 0) is 12.1 Å². The molecule has 23 heavy (non-hydrogen) atoms. The van der Waals surface area contributed by atoms with Gasteiger partial charge in [-0.15, -0.1) is 0 Å². The smallest absolute Gasteiger partial charge is 0.242 e. The number of aromatic nitrogens is 5. The number of imidazole rings is 1. The minimum absolute atomic E-state index is 0.0237. The van der Waals surface area contributed by atoms with Crippen LogP contribution in [0.2, 0.25) is 0 Å². The van der Waals surface area contributed by atoms with Crippen LogP contribution in [0.4, 0.5) is 5.82 Å². The van der Waals surface area contributed by atoms with E-state index in [9.17, 15) is 4.79 Å². The van der Waals surface area contributed by atoms with Gasteiger partial charge in [-0.2, -0.15) is 0 Å². The molecule has 3 rings (SSSR count). The summed E-state index contributed by atoms with van der Waals surface area (Å²) >= 11 is 0. The number of hydrogen-bond donors (Lipinski definition) is 1. The number of nitrogens with one attached hydrogen (secondary N) is 1. The SMILES string of the molecule is CN(Cc1ccccn1)C(=O)CN(C)c1ncnc2nc[nH]c12. The van der Waals surface area contributed by atoms with Crippen LogP contribution in [0.25, 0.3) is 11.2 Å². The number of carbonyl (C=O) groups excluding carboxylic acids is 1. The average Bonchev–Trinajstić information content (AvgIpc) is 3.04. The number of aromatic amines is 1. The Morgan fingerprint density at radius 2 is 2.04 bits per heavy atom. The fourth-order valence-electron chi connectivity index (χ4n) is 2.26. The van der Waals surface area contributed by atoms with Crippen molar-refractivity contribution in [2.45, 2.75) is 6.54 Å². The van der Waals surface area contributed by atoms with Crippen molar-refractivity contribution in [3.05, 3.63) is 42.7 Å². The van der Waals surface area contributed by atoms with Crippen molar-refractivity contribution in [2.24, 2.45) is 0 Å². The van der Waals surface area contributed by atoms with Gasteiger partial charge in [0.2, 0.25) is 5.91 Å². The molecular formula is C15H17N7O. The summed E-state index contributed by atoms with van der Waals surface area (Å²) in [4.78, 5) is 35.4. The fraction of sp³-hybridized carbons (Fsp3) is 0.267. The summed E-state index contributed by atoms with van der Waals surface area (Å²) in [5.41, 5.74) is 2.15. The number of likely N-dealkylation sites (N-methyl/N-ethyl adjacent to an activating group) is 2. The largest absolute Gasteiger partial charge is 0.348 e. The zero-order valence-electron chi connectivity index (χ0n) is 13.0. The van der Waals surface area contributed by atoms with Crippen molar-refractivity contribution in [1.82, 2.24) is 29.8 Å². The van der Waals surface area contributed by atoms with Gasteiger partial charge in [0.05, 0.1) is 25.1 Å². The summed E-state index contributed by atoms with van der Waals surface area (Å²) in [5.74, 6) is 0.622. The Balaban J connectivity index is 1.68. The maximum Gasteiger partial charge on any atom is 0.242 e. The van der Waals surface area contributed by atoms with Gasteiger partial charge in [-0.25, -0.2) is 15.0 Å². The van der Waals surface area contributed by atoms with E-state index in [4.69, 9.17) is 0 Å². The van der Waals surface area contributed by atoms with Gasteiger partial charge in [0.15, 0.2) is 11.5 Å². The van der Waals surface area contributed by atoms with E-state index in [1.807, 2.05) is 25.2 Å².